The van der Waals surface area contributed by atoms with Crippen LogP contribution >= 0.6 is 11.3 Å². The molecule has 4 nitrogen and oxygen atoms in total. The standard InChI is InChI=1S/C16H13N3OS/c1-2-14(20)9-3-4-11-10(7-9)8-13(17-11)15-16-12(18-19-15)5-6-21-16/h3-8,17H,2H2,1H3,(H,18,19). The number of thiophene rings is 1. The number of nitrogens with zero attached hydrogens (tertiary/aromatic N) is 1. The number of benzene rings is 1. The quantitative estimate of drug-likeness (QED) is 0.551. The SMILES string of the molecule is CCC(=O)c1ccc2[nH]c(-c3n[nH]c4ccsc34)cc2c1. The van der Waals surface area contributed by atoms with Gasteiger partial charge in [0.25, 0.3) is 0 Å². The Morgan fingerprint density at radius 2 is 2.14 bits per heavy atom. The molecule has 4 aromatic rings. The summed E-state index contributed by atoms with van der Waals surface area (Å²) in [6, 6.07) is 9.85. The number of carbonyl (C=O) groups excluding carboxylic acids is 1. The number of carbonyl (C=O) groups is 1. The number of H-pyrrole nitrogens is 2. The minimum absolute atomic E-state index is 0.167. The van der Waals surface area contributed by atoms with E-state index in [1.54, 1.807) is 11.3 Å². The second-order valence-electron chi connectivity index (χ2n) is 5.00. The first-order valence-corrected chi connectivity index (χ1v) is 7.72. The van der Waals surface area contributed by atoms with E-state index in [4.69, 9.17) is 0 Å². The maximum Gasteiger partial charge on any atom is 0.162 e. The third kappa shape index (κ3) is 1.89. The molecule has 2 N–H and O–H groups in total. The molecule has 0 unspecified atom stereocenters. The van der Waals surface area contributed by atoms with E-state index >= 15 is 0 Å². The van der Waals surface area contributed by atoms with Gasteiger partial charge in [0.05, 0.1) is 15.9 Å². The van der Waals surface area contributed by atoms with Crippen molar-refractivity contribution in [3.63, 3.8) is 0 Å². The minimum Gasteiger partial charge on any atom is -0.353 e. The fourth-order valence-corrected chi connectivity index (χ4v) is 3.42. The van der Waals surface area contributed by atoms with Crippen molar-refractivity contribution in [1.82, 2.24) is 15.2 Å². The number of aromatic nitrogens is 3. The van der Waals surface area contributed by atoms with E-state index < -0.39 is 0 Å². The molecule has 0 saturated carbocycles. The fourth-order valence-electron chi connectivity index (χ4n) is 2.57. The van der Waals surface area contributed by atoms with Gasteiger partial charge in [-0.2, -0.15) is 5.10 Å². The summed E-state index contributed by atoms with van der Waals surface area (Å²) >= 11 is 1.67. The van der Waals surface area contributed by atoms with Gasteiger partial charge in [-0.15, -0.1) is 11.3 Å². The van der Waals surface area contributed by atoms with Crippen molar-refractivity contribution in [2.45, 2.75) is 13.3 Å². The average molecular weight is 295 g/mol. The zero-order valence-corrected chi connectivity index (χ0v) is 12.3. The zero-order valence-electron chi connectivity index (χ0n) is 11.4. The molecular weight excluding hydrogens is 282 g/mol. The molecule has 21 heavy (non-hydrogen) atoms. The maximum atomic E-state index is 11.8. The van der Waals surface area contributed by atoms with Gasteiger partial charge in [-0.1, -0.05) is 6.92 Å². The van der Waals surface area contributed by atoms with Crippen molar-refractivity contribution in [3.8, 4) is 11.4 Å². The molecule has 3 heterocycles. The molecule has 0 bridgehead atoms. The summed E-state index contributed by atoms with van der Waals surface area (Å²) in [5.74, 6) is 0.167. The van der Waals surface area contributed by atoms with Crippen LogP contribution in [-0.4, -0.2) is 21.0 Å². The van der Waals surface area contributed by atoms with E-state index in [0.29, 0.717) is 6.42 Å². The van der Waals surface area contributed by atoms with E-state index in [1.807, 2.05) is 36.6 Å². The molecule has 0 saturated heterocycles. The van der Waals surface area contributed by atoms with E-state index in [-0.39, 0.29) is 5.78 Å². The van der Waals surface area contributed by atoms with Gasteiger partial charge in [0.2, 0.25) is 0 Å². The zero-order chi connectivity index (χ0) is 14.4. The Morgan fingerprint density at radius 3 is 3.00 bits per heavy atom. The summed E-state index contributed by atoms with van der Waals surface area (Å²) < 4.78 is 1.14. The largest absolute Gasteiger partial charge is 0.353 e. The van der Waals surface area contributed by atoms with E-state index in [9.17, 15) is 4.79 Å². The Hall–Kier alpha value is -2.40. The van der Waals surface area contributed by atoms with Gasteiger partial charge < -0.3 is 4.98 Å². The third-order valence-corrected chi connectivity index (χ3v) is 4.61. The summed E-state index contributed by atoms with van der Waals surface area (Å²) in [4.78, 5) is 15.2. The molecule has 0 aliphatic rings. The lowest BCUT2D eigenvalue weighted by Crippen LogP contribution is -1.95. The second kappa shape index (κ2) is 4.56. The van der Waals surface area contributed by atoms with Crippen LogP contribution in [-0.2, 0) is 0 Å². The van der Waals surface area contributed by atoms with Crippen molar-refractivity contribution in [1.29, 1.82) is 0 Å². The molecule has 0 spiro atoms. The van der Waals surface area contributed by atoms with Gasteiger partial charge in [0, 0.05) is 22.9 Å². The lowest BCUT2D eigenvalue weighted by molar-refractivity contribution is 0.0988. The van der Waals surface area contributed by atoms with Crippen LogP contribution < -0.4 is 0 Å². The Balaban J connectivity index is 1.87. The molecule has 5 heteroatoms. The fraction of sp³-hybridized carbons (Fsp3) is 0.125. The van der Waals surface area contributed by atoms with Crippen LogP contribution in [0.25, 0.3) is 32.5 Å². The molecule has 0 fully saturated rings. The number of ketones is 1. The summed E-state index contributed by atoms with van der Waals surface area (Å²) in [6.45, 7) is 1.88. The first-order chi connectivity index (χ1) is 10.3. The van der Waals surface area contributed by atoms with Gasteiger partial charge in [0.15, 0.2) is 5.78 Å². The van der Waals surface area contributed by atoms with Gasteiger partial charge in [-0.3, -0.25) is 9.89 Å². The number of fused-ring (bicyclic) bond motifs is 2. The predicted molar refractivity (Wildman–Crippen MR) is 85.9 cm³/mol. The maximum absolute atomic E-state index is 11.8. The molecule has 4 rings (SSSR count). The van der Waals surface area contributed by atoms with Crippen molar-refractivity contribution >= 4 is 38.2 Å². The van der Waals surface area contributed by atoms with E-state index in [2.05, 4.69) is 21.2 Å². The van der Waals surface area contributed by atoms with Crippen LogP contribution in [0, 0.1) is 0 Å². The highest BCUT2D eigenvalue weighted by molar-refractivity contribution is 7.17. The van der Waals surface area contributed by atoms with Crippen molar-refractivity contribution in [2.24, 2.45) is 0 Å². The summed E-state index contributed by atoms with van der Waals surface area (Å²) in [5, 5.41) is 10.5. The Labute approximate surface area is 124 Å². The van der Waals surface area contributed by atoms with E-state index in [0.717, 1.165) is 38.1 Å². The number of rotatable bonds is 3. The summed E-state index contributed by atoms with van der Waals surface area (Å²) in [6.07, 6.45) is 0.526. The highest BCUT2D eigenvalue weighted by atomic mass is 32.1. The molecule has 0 aliphatic heterocycles. The molecule has 3 aromatic heterocycles. The highest BCUT2D eigenvalue weighted by Gasteiger charge is 2.12. The molecular formula is C16H13N3OS. The molecule has 0 amide bonds. The van der Waals surface area contributed by atoms with Crippen molar-refractivity contribution < 1.29 is 4.79 Å². The predicted octanol–water partition coefficient (Wildman–Crippen LogP) is 4.37. The summed E-state index contributed by atoms with van der Waals surface area (Å²) in [5.41, 5.74) is 4.74. The number of hydrogen-bond donors (Lipinski definition) is 2. The highest BCUT2D eigenvalue weighted by Crippen LogP contribution is 2.32. The van der Waals surface area contributed by atoms with Gasteiger partial charge in [0.1, 0.15) is 5.69 Å². The molecule has 0 aliphatic carbocycles. The van der Waals surface area contributed by atoms with Gasteiger partial charge in [-0.05, 0) is 35.7 Å². The van der Waals surface area contributed by atoms with Crippen molar-refractivity contribution in [3.05, 3.63) is 41.3 Å². The topological polar surface area (TPSA) is 61.5 Å². The van der Waals surface area contributed by atoms with Gasteiger partial charge >= 0.3 is 0 Å². The monoisotopic (exact) mass is 295 g/mol. The lowest BCUT2D eigenvalue weighted by atomic mass is 10.1. The smallest absolute Gasteiger partial charge is 0.162 e. The number of Topliss-reactive ketones (excluding diaryl/α,β-unsaturated/α-hetero) is 1. The third-order valence-electron chi connectivity index (χ3n) is 3.69. The van der Waals surface area contributed by atoms with Crippen LogP contribution in [0.15, 0.2) is 35.7 Å². The molecule has 104 valence electrons. The second-order valence-corrected chi connectivity index (χ2v) is 5.91. The number of nitrogens with one attached hydrogen (secondary N) is 2. The molecule has 0 radical (unpaired) electrons. The first-order valence-electron chi connectivity index (χ1n) is 6.84. The Bertz CT molecular complexity index is 960. The molecule has 1 aromatic carbocycles. The Morgan fingerprint density at radius 1 is 1.24 bits per heavy atom. The number of hydrogen-bond acceptors (Lipinski definition) is 3. The van der Waals surface area contributed by atoms with Crippen LogP contribution in [0.3, 0.4) is 0 Å². The van der Waals surface area contributed by atoms with E-state index in [1.165, 1.54) is 0 Å². The normalized spacial score (nSPS) is 11.5. The average Bonchev–Trinajstić information content (AvgIpc) is 3.19. The van der Waals surface area contributed by atoms with Crippen LogP contribution in [0.5, 0.6) is 0 Å². The molecule has 0 atom stereocenters. The van der Waals surface area contributed by atoms with Gasteiger partial charge in [-0.25, -0.2) is 0 Å². The van der Waals surface area contributed by atoms with Crippen molar-refractivity contribution in [2.75, 3.05) is 0 Å². The minimum atomic E-state index is 0.167. The lowest BCUT2D eigenvalue weighted by Gasteiger charge is -1.97. The summed E-state index contributed by atoms with van der Waals surface area (Å²) in [7, 11) is 0. The van der Waals surface area contributed by atoms with Crippen LogP contribution in [0.4, 0.5) is 0 Å². The Kier molecular flexibility index (Phi) is 2.68. The number of aromatic amines is 2. The first kappa shape index (κ1) is 12.3. The van der Waals surface area contributed by atoms with Crippen LogP contribution in [0.1, 0.15) is 23.7 Å². The van der Waals surface area contributed by atoms with Crippen LogP contribution in [0.2, 0.25) is 0 Å².